The summed E-state index contributed by atoms with van der Waals surface area (Å²) in [5.74, 6) is -0.135. The smallest absolute Gasteiger partial charge is 0.251 e. The predicted molar refractivity (Wildman–Crippen MR) is 98.9 cm³/mol. The Bertz CT molecular complexity index is 949. The minimum Gasteiger partial charge on any atom is -0.380 e. The van der Waals surface area contributed by atoms with Crippen LogP contribution in [0.2, 0.25) is 0 Å². The lowest BCUT2D eigenvalue weighted by Crippen LogP contribution is -2.24. The van der Waals surface area contributed by atoms with Crippen LogP contribution in [0.3, 0.4) is 0 Å². The van der Waals surface area contributed by atoms with E-state index >= 15 is 0 Å². The number of nitrogens with one attached hydrogen (secondary N) is 2. The fraction of sp³-hybridized carbons (Fsp3) is 0.222. The Morgan fingerprint density at radius 3 is 2.65 bits per heavy atom. The van der Waals surface area contributed by atoms with Crippen molar-refractivity contribution in [2.45, 2.75) is 24.8 Å². The Morgan fingerprint density at radius 2 is 2.00 bits per heavy atom. The van der Waals surface area contributed by atoms with Crippen molar-refractivity contribution in [2.24, 2.45) is 5.14 Å². The third kappa shape index (κ3) is 5.05. The van der Waals surface area contributed by atoms with Crippen molar-refractivity contribution in [3.63, 3.8) is 0 Å². The first-order chi connectivity index (χ1) is 12.3. The van der Waals surface area contributed by atoms with Crippen molar-refractivity contribution in [3.8, 4) is 6.07 Å². The summed E-state index contributed by atoms with van der Waals surface area (Å²) < 4.78 is 22.8. The summed E-state index contributed by atoms with van der Waals surface area (Å²) in [4.78, 5) is 11.9. The first-order valence-electron chi connectivity index (χ1n) is 8.03. The van der Waals surface area contributed by atoms with E-state index in [1.54, 1.807) is 18.2 Å². The van der Waals surface area contributed by atoms with Gasteiger partial charge in [-0.25, -0.2) is 13.6 Å². The maximum Gasteiger partial charge on any atom is 0.251 e. The zero-order valence-electron chi connectivity index (χ0n) is 14.3. The van der Waals surface area contributed by atoms with E-state index < -0.39 is 10.0 Å². The fourth-order valence-corrected chi connectivity index (χ4v) is 2.85. The van der Waals surface area contributed by atoms with Crippen LogP contribution in [0.4, 0.5) is 5.69 Å². The molecular formula is C18H20N4O3S. The summed E-state index contributed by atoms with van der Waals surface area (Å²) in [6.45, 7) is 2.97. The third-order valence-electron chi connectivity index (χ3n) is 3.65. The van der Waals surface area contributed by atoms with E-state index in [2.05, 4.69) is 10.6 Å². The summed E-state index contributed by atoms with van der Waals surface area (Å²) >= 11 is 0. The molecule has 136 valence electrons. The molecule has 0 aliphatic heterocycles. The molecule has 0 saturated heterocycles. The number of amides is 1. The van der Waals surface area contributed by atoms with Crippen LogP contribution in [0.15, 0.2) is 47.4 Å². The molecule has 4 N–H and O–H groups in total. The van der Waals surface area contributed by atoms with Crippen LogP contribution in [-0.2, 0) is 16.6 Å². The molecule has 0 aliphatic carbocycles. The molecule has 1 amide bonds. The van der Waals surface area contributed by atoms with Gasteiger partial charge in [0.1, 0.15) is 6.07 Å². The summed E-state index contributed by atoms with van der Waals surface area (Å²) in [5.41, 5.74) is 2.07. The van der Waals surface area contributed by atoms with Crippen molar-refractivity contribution in [1.82, 2.24) is 5.32 Å². The second kappa shape index (κ2) is 8.47. The van der Waals surface area contributed by atoms with E-state index in [4.69, 9.17) is 5.14 Å². The number of hydrogen-bond acceptors (Lipinski definition) is 5. The van der Waals surface area contributed by atoms with Gasteiger partial charge in [-0.1, -0.05) is 19.1 Å². The minimum atomic E-state index is -3.87. The number of primary sulfonamides is 1. The molecule has 0 fully saturated rings. The van der Waals surface area contributed by atoms with Gasteiger partial charge in [0.15, 0.2) is 0 Å². The number of rotatable bonds is 7. The first kappa shape index (κ1) is 19.4. The molecule has 0 unspecified atom stereocenters. The average Bonchev–Trinajstić information content (AvgIpc) is 2.63. The van der Waals surface area contributed by atoms with Crippen LogP contribution in [0.1, 0.15) is 34.8 Å². The van der Waals surface area contributed by atoms with Crippen molar-refractivity contribution >= 4 is 21.6 Å². The molecule has 7 nitrogen and oxygen atoms in total. The van der Waals surface area contributed by atoms with Crippen LogP contribution in [-0.4, -0.2) is 20.9 Å². The number of nitrogens with zero attached hydrogens (tertiary/aromatic N) is 1. The minimum absolute atomic E-state index is 0.116. The quantitative estimate of drug-likeness (QED) is 0.685. The topological polar surface area (TPSA) is 125 Å². The van der Waals surface area contributed by atoms with Gasteiger partial charge >= 0.3 is 0 Å². The number of carbonyl (C=O) groups excluding carboxylic acids is 1. The van der Waals surface area contributed by atoms with Gasteiger partial charge in [0, 0.05) is 18.7 Å². The summed E-state index contributed by atoms with van der Waals surface area (Å²) in [5, 5.41) is 20.2. The molecule has 0 saturated carbocycles. The Morgan fingerprint density at radius 1 is 1.23 bits per heavy atom. The molecule has 2 aromatic carbocycles. The molecule has 2 aromatic rings. The SMILES string of the molecule is CCCNC(=O)c1cccc(CNc2ccc(S(N)(=O)=O)cc2C#N)c1. The Hall–Kier alpha value is -2.89. The summed E-state index contributed by atoms with van der Waals surface area (Å²) in [6.07, 6.45) is 0.860. The zero-order chi connectivity index (χ0) is 19.2. The normalized spacial score (nSPS) is 10.8. The van der Waals surface area contributed by atoms with Gasteiger partial charge in [-0.05, 0) is 42.3 Å². The van der Waals surface area contributed by atoms with E-state index in [0.717, 1.165) is 12.0 Å². The van der Waals surface area contributed by atoms with Crippen LogP contribution < -0.4 is 15.8 Å². The van der Waals surface area contributed by atoms with Gasteiger partial charge < -0.3 is 10.6 Å². The summed E-state index contributed by atoms with van der Waals surface area (Å²) in [7, 11) is -3.87. The maximum absolute atomic E-state index is 12.0. The molecule has 0 bridgehead atoms. The predicted octanol–water partition coefficient (Wildman–Crippen LogP) is 1.96. The molecule has 0 spiro atoms. The van der Waals surface area contributed by atoms with Crippen molar-refractivity contribution in [1.29, 1.82) is 5.26 Å². The highest BCUT2D eigenvalue weighted by atomic mass is 32.2. The molecular weight excluding hydrogens is 352 g/mol. The van der Waals surface area contributed by atoms with E-state index in [-0.39, 0.29) is 16.4 Å². The lowest BCUT2D eigenvalue weighted by molar-refractivity contribution is 0.0953. The van der Waals surface area contributed by atoms with E-state index in [9.17, 15) is 18.5 Å². The highest BCUT2D eigenvalue weighted by molar-refractivity contribution is 7.89. The van der Waals surface area contributed by atoms with Crippen LogP contribution in [0.5, 0.6) is 0 Å². The Labute approximate surface area is 152 Å². The Kier molecular flexibility index (Phi) is 6.33. The van der Waals surface area contributed by atoms with Gasteiger partial charge in [-0.15, -0.1) is 0 Å². The molecule has 8 heteroatoms. The van der Waals surface area contributed by atoms with Crippen LogP contribution in [0, 0.1) is 11.3 Å². The number of sulfonamides is 1. The number of anilines is 1. The van der Waals surface area contributed by atoms with Gasteiger partial charge in [-0.2, -0.15) is 5.26 Å². The molecule has 2 rings (SSSR count). The second-order valence-electron chi connectivity index (χ2n) is 5.67. The highest BCUT2D eigenvalue weighted by Gasteiger charge is 2.12. The van der Waals surface area contributed by atoms with Crippen molar-refractivity contribution in [3.05, 3.63) is 59.2 Å². The molecule has 0 heterocycles. The molecule has 0 aliphatic rings. The monoisotopic (exact) mass is 372 g/mol. The van der Waals surface area contributed by atoms with Crippen molar-refractivity contribution < 1.29 is 13.2 Å². The number of carbonyl (C=O) groups is 1. The van der Waals surface area contributed by atoms with Crippen molar-refractivity contribution in [2.75, 3.05) is 11.9 Å². The van der Waals surface area contributed by atoms with Crippen LogP contribution >= 0.6 is 0 Å². The standard InChI is InChI=1S/C18H20N4O3S/c1-2-8-21-18(23)14-5-3-4-13(9-14)12-22-17-7-6-16(26(20,24)25)10-15(17)11-19/h3-7,9-10,22H,2,8,12H2,1H3,(H,21,23)(H2,20,24,25). The molecule has 0 radical (unpaired) electrons. The van der Waals surface area contributed by atoms with Gasteiger partial charge in [-0.3, -0.25) is 4.79 Å². The largest absolute Gasteiger partial charge is 0.380 e. The lowest BCUT2D eigenvalue weighted by atomic mass is 10.1. The van der Waals surface area contributed by atoms with Gasteiger partial charge in [0.25, 0.3) is 5.91 Å². The van der Waals surface area contributed by atoms with E-state index in [1.165, 1.54) is 18.2 Å². The lowest BCUT2D eigenvalue weighted by Gasteiger charge is -2.11. The molecule has 0 aromatic heterocycles. The number of benzene rings is 2. The number of hydrogen-bond donors (Lipinski definition) is 3. The zero-order valence-corrected chi connectivity index (χ0v) is 15.1. The third-order valence-corrected chi connectivity index (χ3v) is 4.56. The number of nitriles is 1. The summed E-state index contributed by atoms with van der Waals surface area (Å²) in [6, 6.07) is 13.2. The number of nitrogens with two attached hydrogens (primary N) is 1. The van der Waals surface area contributed by atoms with Gasteiger partial charge in [0.2, 0.25) is 10.0 Å². The molecule has 26 heavy (non-hydrogen) atoms. The molecule has 0 atom stereocenters. The fourth-order valence-electron chi connectivity index (χ4n) is 2.31. The Balaban J connectivity index is 2.14. The average molecular weight is 372 g/mol. The highest BCUT2D eigenvalue weighted by Crippen LogP contribution is 2.20. The van der Waals surface area contributed by atoms with Gasteiger partial charge in [0.05, 0.1) is 16.1 Å². The van der Waals surface area contributed by atoms with E-state index in [0.29, 0.717) is 24.3 Å². The maximum atomic E-state index is 12.0. The van der Waals surface area contributed by atoms with Crippen LogP contribution in [0.25, 0.3) is 0 Å². The second-order valence-corrected chi connectivity index (χ2v) is 7.24. The van der Waals surface area contributed by atoms with E-state index in [1.807, 2.05) is 19.1 Å². The first-order valence-corrected chi connectivity index (χ1v) is 9.57.